The molecule has 2 amide bonds. The molecule has 1 atom stereocenters. The van der Waals surface area contributed by atoms with E-state index in [1.165, 1.54) is 13.2 Å². The van der Waals surface area contributed by atoms with Crippen LogP contribution in [0, 0.1) is 0 Å². The van der Waals surface area contributed by atoms with Crippen LogP contribution in [0.3, 0.4) is 0 Å². The number of nitrogens with one attached hydrogen (secondary N) is 2. The third kappa shape index (κ3) is 4.56. The van der Waals surface area contributed by atoms with Crippen LogP contribution in [0.5, 0.6) is 5.75 Å². The molecule has 0 radical (unpaired) electrons. The van der Waals surface area contributed by atoms with Crippen LogP contribution in [0.25, 0.3) is 10.9 Å². The lowest BCUT2D eigenvalue weighted by molar-refractivity contribution is 0.102. The van der Waals surface area contributed by atoms with E-state index in [2.05, 4.69) is 25.7 Å². The quantitative estimate of drug-likeness (QED) is 0.597. The summed E-state index contributed by atoms with van der Waals surface area (Å²) in [5.41, 5.74) is 1.50. The van der Waals surface area contributed by atoms with Gasteiger partial charge < -0.3 is 25.0 Å². The monoisotopic (exact) mass is 439 g/mol. The van der Waals surface area contributed by atoms with Gasteiger partial charge in [0.2, 0.25) is 0 Å². The molecule has 0 bridgehead atoms. The summed E-state index contributed by atoms with van der Waals surface area (Å²) < 4.78 is 12.7. The second-order valence-electron chi connectivity index (χ2n) is 7.37. The number of rotatable bonds is 6. The lowest BCUT2D eigenvalue weighted by atomic mass is 10.2. The maximum atomic E-state index is 12.8. The molecule has 0 unspecified atom stereocenters. The molecule has 11 nitrogen and oxygen atoms in total. The molecule has 0 saturated carbocycles. The van der Waals surface area contributed by atoms with Gasteiger partial charge in [0.15, 0.2) is 0 Å². The number of amides is 2. The van der Waals surface area contributed by atoms with Crippen LogP contribution in [0.15, 0.2) is 30.7 Å². The Hall–Kier alpha value is -3.89. The van der Waals surface area contributed by atoms with E-state index in [0.29, 0.717) is 43.4 Å². The summed E-state index contributed by atoms with van der Waals surface area (Å²) in [6, 6.07) is 3.62. The Balaban J connectivity index is 1.45. The highest BCUT2D eigenvalue weighted by Gasteiger charge is 2.26. The molecular formula is C21H25N7O4. The van der Waals surface area contributed by atoms with Crippen molar-refractivity contribution in [1.29, 1.82) is 0 Å². The number of ether oxygens (including phenoxy) is 2. The zero-order valence-corrected chi connectivity index (χ0v) is 18.2. The fourth-order valence-electron chi connectivity index (χ4n) is 3.58. The van der Waals surface area contributed by atoms with E-state index in [4.69, 9.17) is 9.47 Å². The molecule has 1 aliphatic rings. The number of anilines is 2. The van der Waals surface area contributed by atoms with Gasteiger partial charge in [-0.05, 0) is 13.0 Å². The molecule has 4 rings (SSSR count). The van der Waals surface area contributed by atoms with E-state index in [-0.39, 0.29) is 11.8 Å². The van der Waals surface area contributed by atoms with E-state index < -0.39 is 12.0 Å². The van der Waals surface area contributed by atoms with Crippen molar-refractivity contribution in [2.75, 3.05) is 37.0 Å². The molecule has 0 spiro atoms. The third-order valence-corrected chi connectivity index (χ3v) is 5.09. The molecule has 3 aromatic rings. The average Bonchev–Trinajstić information content (AvgIpc) is 3.39. The van der Waals surface area contributed by atoms with Crippen LogP contribution in [0.1, 0.15) is 23.8 Å². The highest BCUT2D eigenvalue weighted by atomic mass is 16.6. The molecule has 1 aromatic carbocycles. The van der Waals surface area contributed by atoms with Gasteiger partial charge in [-0.3, -0.25) is 9.48 Å². The van der Waals surface area contributed by atoms with Crippen molar-refractivity contribution in [3.63, 3.8) is 0 Å². The van der Waals surface area contributed by atoms with E-state index in [9.17, 15) is 9.59 Å². The van der Waals surface area contributed by atoms with Gasteiger partial charge in [-0.25, -0.2) is 14.8 Å². The highest BCUT2D eigenvalue weighted by molar-refractivity contribution is 6.04. The number of carbonyl (C=O) groups is 2. The number of carbonyl (C=O) groups excluding carboxylic acids is 2. The number of alkyl carbamates (subject to hydrolysis) is 1. The Morgan fingerprint density at radius 3 is 2.81 bits per heavy atom. The lowest BCUT2D eigenvalue weighted by Crippen LogP contribution is -2.29. The van der Waals surface area contributed by atoms with Crippen molar-refractivity contribution in [2.45, 2.75) is 19.4 Å². The summed E-state index contributed by atoms with van der Waals surface area (Å²) in [6.07, 6.45) is 4.89. The van der Waals surface area contributed by atoms with Crippen LogP contribution < -0.4 is 20.3 Å². The summed E-state index contributed by atoms with van der Waals surface area (Å²) in [7, 11) is 3.36. The third-order valence-electron chi connectivity index (χ3n) is 5.09. The van der Waals surface area contributed by atoms with Crippen molar-refractivity contribution in [1.82, 2.24) is 25.1 Å². The molecule has 1 aliphatic heterocycles. The Bertz CT molecular complexity index is 1130. The minimum atomic E-state index is -0.453. The minimum absolute atomic E-state index is 0.180. The molecule has 32 heavy (non-hydrogen) atoms. The molecule has 2 N–H and O–H groups in total. The summed E-state index contributed by atoms with van der Waals surface area (Å²) in [6.45, 7) is 3.54. The van der Waals surface area contributed by atoms with Crippen LogP contribution in [-0.2, 0) is 11.8 Å². The van der Waals surface area contributed by atoms with Crippen molar-refractivity contribution in [2.24, 2.45) is 7.05 Å². The number of aromatic nitrogens is 4. The van der Waals surface area contributed by atoms with E-state index >= 15 is 0 Å². The van der Waals surface area contributed by atoms with Gasteiger partial charge in [-0.1, -0.05) is 0 Å². The fraction of sp³-hybridized carbons (Fsp3) is 0.381. The first-order chi connectivity index (χ1) is 15.5. The van der Waals surface area contributed by atoms with Gasteiger partial charge >= 0.3 is 6.09 Å². The summed E-state index contributed by atoms with van der Waals surface area (Å²) in [5, 5.41) is 10.6. The summed E-state index contributed by atoms with van der Waals surface area (Å²) in [5.74, 6) is 0.766. The zero-order chi connectivity index (χ0) is 22.7. The number of hydrogen-bond donors (Lipinski definition) is 2. The number of benzene rings is 1. The normalized spacial score (nSPS) is 15.6. The maximum absolute atomic E-state index is 12.8. The Morgan fingerprint density at radius 2 is 2.09 bits per heavy atom. The molecule has 11 heteroatoms. The zero-order valence-electron chi connectivity index (χ0n) is 18.2. The number of fused-ring (bicyclic) bond motifs is 1. The Morgan fingerprint density at radius 1 is 1.25 bits per heavy atom. The second kappa shape index (κ2) is 9.08. The summed E-state index contributed by atoms with van der Waals surface area (Å²) in [4.78, 5) is 34.8. The average molecular weight is 439 g/mol. The Kier molecular flexibility index (Phi) is 6.06. The first-order valence-electron chi connectivity index (χ1n) is 10.3. The van der Waals surface area contributed by atoms with Gasteiger partial charge in [0, 0.05) is 44.7 Å². The van der Waals surface area contributed by atoms with Crippen molar-refractivity contribution in [3.8, 4) is 5.75 Å². The van der Waals surface area contributed by atoms with Crippen LogP contribution in [0.4, 0.5) is 16.3 Å². The van der Waals surface area contributed by atoms with Crippen LogP contribution >= 0.6 is 0 Å². The number of nitrogens with zero attached hydrogens (tertiary/aromatic N) is 5. The van der Waals surface area contributed by atoms with E-state index in [0.717, 1.165) is 10.9 Å². The number of hydrogen-bond acceptors (Lipinski definition) is 8. The van der Waals surface area contributed by atoms with Gasteiger partial charge in [0.05, 0.1) is 36.7 Å². The highest BCUT2D eigenvalue weighted by Crippen LogP contribution is 2.30. The fourth-order valence-corrected chi connectivity index (χ4v) is 3.58. The lowest BCUT2D eigenvalue weighted by Gasteiger charge is -2.17. The Labute approximate surface area is 184 Å². The van der Waals surface area contributed by atoms with Crippen molar-refractivity contribution >= 4 is 34.4 Å². The van der Waals surface area contributed by atoms with Crippen molar-refractivity contribution in [3.05, 3.63) is 36.4 Å². The molecular weight excluding hydrogens is 414 g/mol. The van der Waals surface area contributed by atoms with Crippen LogP contribution in [0.2, 0.25) is 0 Å². The van der Waals surface area contributed by atoms with Gasteiger partial charge in [-0.2, -0.15) is 5.10 Å². The first kappa shape index (κ1) is 21.3. The second-order valence-corrected chi connectivity index (χ2v) is 7.37. The predicted octanol–water partition coefficient (Wildman–Crippen LogP) is 1.95. The summed E-state index contributed by atoms with van der Waals surface area (Å²) >= 11 is 0. The van der Waals surface area contributed by atoms with Gasteiger partial charge in [0.25, 0.3) is 5.91 Å². The standard InChI is InChI=1S/C21H25N7O4/c1-4-31-18-8-15-13(11-27(3)26-15)7-16(18)25-20(29)17-9-24-19(10-23-17)28-6-5-14(12-28)32-21(30)22-2/h7-11,14H,4-6,12H2,1-3H3,(H,22,30)(H,25,29)/t14-/m1/s1. The molecule has 1 fully saturated rings. The van der Waals surface area contributed by atoms with Crippen LogP contribution in [-0.4, -0.2) is 64.6 Å². The molecule has 168 valence electrons. The van der Waals surface area contributed by atoms with E-state index in [1.807, 2.05) is 31.1 Å². The smallest absolute Gasteiger partial charge is 0.407 e. The van der Waals surface area contributed by atoms with Gasteiger partial charge in [-0.15, -0.1) is 0 Å². The van der Waals surface area contributed by atoms with Crippen molar-refractivity contribution < 1.29 is 19.1 Å². The minimum Gasteiger partial charge on any atom is -0.492 e. The topological polar surface area (TPSA) is 123 Å². The molecule has 0 aliphatic carbocycles. The molecule has 1 saturated heterocycles. The maximum Gasteiger partial charge on any atom is 0.407 e. The number of aryl methyl sites for hydroxylation is 1. The predicted molar refractivity (Wildman–Crippen MR) is 118 cm³/mol. The molecule has 3 heterocycles. The van der Waals surface area contributed by atoms with E-state index in [1.54, 1.807) is 16.9 Å². The SMILES string of the molecule is CCOc1cc2nn(C)cc2cc1NC(=O)c1cnc(N2CC[C@@H](OC(=O)NC)C2)cn1. The first-order valence-corrected chi connectivity index (χ1v) is 10.3. The van der Waals surface area contributed by atoms with Gasteiger partial charge in [0.1, 0.15) is 23.4 Å². The largest absolute Gasteiger partial charge is 0.492 e. The molecule has 2 aromatic heterocycles.